The van der Waals surface area contributed by atoms with Crippen LogP contribution < -0.4 is 0 Å². The van der Waals surface area contributed by atoms with Gasteiger partial charge in [-0.3, -0.25) is 0 Å². The molecule has 1 aliphatic carbocycles. The van der Waals surface area contributed by atoms with Crippen molar-refractivity contribution in [3.8, 4) is 0 Å². The van der Waals surface area contributed by atoms with Crippen LogP contribution in [-0.2, 0) is 0 Å². The van der Waals surface area contributed by atoms with Crippen LogP contribution in [0.5, 0.6) is 0 Å². The third-order valence-corrected chi connectivity index (χ3v) is 2.65. The summed E-state index contributed by atoms with van der Waals surface area (Å²) < 4.78 is 0. The summed E-state index contributed by atoms with van der Waals surface area (Å²) >= 11 is 0. The molecule has 2 N–H and O–H groups in total. The maximum Gasteiger partial charge on any atom is 0.0679 e. The second-order valence-electron chi connectivity index (χ2n) is 3.54. The van der Waals surface area contributed by atoms with Crippen molar-refractivity contribution in [3.05, 3.63) is 41.6 Å². The molecule has 0 radical (unpaired) electrons. The van der Waals surface area contributed by atoms with Gasteiger partial charge in [0, 0.05) is 22.9 Å². The van der Waals surface area contributed by atoms with Crippen molar-refractivity contribution in [2.24, 2.45) is 0 Å². The molecule has 2 heteroatoms. The van der Waals surface area contributed by atoms with Crippen LogP contribution in [0, 0.1) is 5.41 Å². The molecule has 1 heterocycles. The van der Waals surface area contributed by atoms with Crippen LogP contribution in [0.25, 0.3) is 17.0 Å². The number of hydrogen-bond acceptors (Lipinski definition) is 1. The van der Waals surface area contributed by atoms with E-state index >= 15 is 0 Å². The number of aromatic nitrogens is 1. The van der Waals surface area contributed by atoms with E-state index in [0.29, 0.717) is 5.71 Å². The van der Waals surface area contributed by atoms with Crippen LogP contribution in [0.1, 0.15) is 17.7 Å². The SMILES string of the molecule is N=C1CC=Cc2c1[nH]c1ccccc21. The van der Waals surface area contributed by atoms with E-state index in [4.69, 9.17) is 5.41 Å². The standard InChI is InChI=1S/C12H10N2/c13-10-6-3-5-9-8-4-1-2-7-11(8)14-12(9)10/h1-5,7,13-14H,6H2. The van der Waals surface area contributed by atoms with Crippen LogP contribution in [0.4, 0.5) is 0 Å². The lowest BCUT2D eigenvalue weighted by atomic mass is 10.0. The van der Waals surface area contributed by atoms with Gasteiger partial charge in [0.25, 0.3) is 0 Å². The van der Waals surface area contributed by atoms with Crippen molar-refractivity contribution in [2.45, 2.75) is 6.42 Å². The highest BCUT2D eigenvalue weighted by Crippen LogP contribution is 2.27. The van der Waals surface area contributed by atoms with E-state index in [1.54, 1.807) is 0 Å². The molecule has 14 heavy (non-hydrogen) atoms. The summed E-state index contributed by atoms with van der Waals surface area (Å²) in [6, 6.07) is 8.18. The summed E-state index contributed by atoms with van der Waals surface area (Å²) in [5.74, 6) is 0. The summed E-state index contributed by atoms with van der Waals surface area (Å²) in [6.07, 6.45) is 4.89. The predicted octanol–water partition coefficient (Wildman–Crippen LogP) is 2.95. The molecule has 3 rings (SSSR count). The molecule has 0 saturated heterocycles. The van der Waals surface area contributed by atoms with Crippen molar-refractivity contribution < 1.29 is 0 Å². The molecule has 0 fully saturated rings. The van der Waals surface area contributed by atoms with E-state index in [0.717, 1.165) is 23.2 Å². The Kier molecular flexibility index (Phi) is 1.39. The third-order valence-electron chi connectivity index (χ3n) is 2.65. The Morgan fingerprint density at radius 2 is 2.07 bits per heavy atom. The normalized spacial score (nSPS) is 14.7. The van der Waals surface area contributed by atoms with Crippen LogP contribution in [-0.4, -0.2) is 10.7 Å². The van der Waals surface area contributed by atoms with Crippen LogP contribution in [0.15, 0.2) is 30.3 Å². The van der Waals surface area contributed by atoms with E-state index < -0.39 is 0 Å². The zero-order valence-corrected chi connectivity index (χ0v) is 7.67. The Labute approximate surface area is 81.8 Å². The molecule has 1 aromatic carbocycles. The van der Waals surface area contributed by atoms with Crippen molar-refractivity contribution in [1.82, 2.24) is 4.98 Å². The Hall–Kier alpha value is -1.83. The van der Waals surface area contributed by atoms with Crippen molar-refractivity contribution in [1.29, 1.82) is 5.41 Å². The number of fused-ring (bicyclic) bond motifs is 3. The van der Waals surface area contributed by atoms with Crippen LogP contribution in [0.2, 0.25) is 0 Å². The number of para-hydroxylation sites is 1. The topological polar surface area (TPSA) is 39.6 Å². The van der Waals surface area contributed by atoms with Crippen LogP contribution >= 0.6 is 0 Å². The highest BCUT2D eigenvalue weighted by atomic mass is 14.7. The summed E-state index contributed by atoms with van der Waals surface area (Å²) in [5.41, 5.74) is 3.94. The lowest BCUT2D eigenvalue weighted by Gasteiger charge is -2.05. The van der Waals surface area contributed by atoms with E-state index in [1.807, 2.05) is 18.2 Å². The van der Waals surface area contributed by atoms with E-state index in [9.17, 15) is 0 Å². The van der Waals surface area contributed by atoms with Gasteiger partial charge in [-0.1, -0.05) is 30.4 Å². The first-order chi connectivity index (χ1) is 6.86. The molecule has 1 aliphatic rings. The minimum absolute atomic E-state index is 0.679. The number of allylic oxidation sites excluding steroid dienone is 1. The largest absolute Gasteiger partial charge is 0.353 e. The zero-order valence-electron chi connectivity index (χ0n) is 7.67. The Morgan fingerprint density at radius 1 is 1.21 bits per heavy atom. The number of benzene rings is 1. The van der Waals surface area contributed by atoms with Gasteiger partial charge in [0.05, 0.1) is 11.4 Å². The average molecular weight is 182 g/mol. The minimum atomic E-state index is 0.679. The molecule has 68 valence electrons. The summed E-state index contributed by atoms with van der Waals surface area (Å²) in [4.78, 5) is 3.29. The Balaban J connectivity index is 2.45. The molecule has 0 aliphatic heterocycles. The first kappa shape index (κ1) is 7.56. The highest BCUT2D eigenvalue weighted by molar-refractivity contribution is 6.09. The van der Waals surface area contributed by atoms with Gasteiger partial charge in [0.15, 0.2) is 0 Å². The quantitative estimate of drug-likeness (QED) is 0.629. The van der Waals surface area contributed by atoms with E-state index in [1.165, 1.54) is 5.39 Å². The number of aromatic amines is 1. The third kappa shape index (κ3) is 0.880. The molecule has 0 spiro atoms. The smallest absolute Gasteiger partial charge is 0.0679 e. The molecule has 2 nitrogen and oxygen atoms in total. The number of nitrogens with one attached hydrogen (secondary N) is 2. The monoisotopic (exact) mass is 182 g/mol. The highest BCUT2D eigenvalue weighted by Gasteiger charge is 2.14. The van der Waals surface area contributed by atoms with Gasteiger partial charge >= 0.3 is 0 Å². The Bertz CT molecular complexity index is 546. The molecule has 0 amide bonds. The van der Waals surface area contributed by atoms with Gasteiger partial charge in [-0.05, 0) is 6.07 Å². The van der Waals surface area contributed by atoms with Gasteiger partial charge < -0.3 is 10.4 Å². The second kappa shape index (κ2) is 2.58. The van der Waals surface area contributed by atoms with Gasteiger partial charge in [-0.25, -0.2) is 0 Å². The maximum absolute atomic E-state index is 7.82. The fourth-order valence-electron chi connectivity index (χ4n) is 1.97. The summed E-state index contributed by atoms with van der Waals surface area (Å²) in [7, 11) is 0. The van der Waals surface area contributed by atoms with Crippen molar-refractivity contribution in [2.75, 3.05) is 0 Å². The maximum atomic E-state index is 7.82. The van der Waals surface area contributed by atoms with Crippen LogP contribution in [0.3, 0.4) is 0 Å². The summed E-state index contributed by atoms with van der Waals surface area (Å²) in [5, 5.41) is 9.03. The molecule has 2 aromatic rings. The predicted molar refractivity (Wildman–Crippen MR) is 58.8 cm³/mol. The van der Waals surface area contributed by atoms with Gasteiger partial charge in [0.2, 0.25) is 0 Å². The molecule has 1 aromatic heterocycles. The van der Waals surface area contributed by atoms with E-state index in [-0.39, 0.29) is 0 Å². The van der Waals surface area contributed by atoms with Gasteiger partial charge in [-0.2, -0.15) is 0 Å². The second-order valence-corrected chi connectivity index (χ2v) is 3.54. The molecule has 0 bridgehead atoms. The van der Waals surface area contributed by atoms with Gasteiger partial charge in [0.1, 0.15) is 0 Å². The number of hydrogen-bond donors (Lipinski definition) is 2. The van der Waals surface area contributed by atoms with Gasteiger partial charge in [-0.15, -0.1) is 0 Å². The zero-order chi connectivity index (χ0) is 9.54. The molecular formula is C12H10N2. The van der Waals surface area contributed by atoms with Crippen molar-refractivity contribution >= 4 is 22.7 Å². The van der Waals surface area contributed by atoms with E-state index in [2.05, 4.69) is 23.2 Å². The summed E-state index contributed by atoms with van der Waals surface area (Å²) in [6.45, 7) is 0. The Morgan fingerprint density at radius 3 is 3.00 bits per heavy atom. The lowest BCUT2D eigenvalue weighted by molar-refractivity contribution is 1.28. The number of rotatable bonds is 0. The first-order valence-electron chi connectivity index (χ1n) is 4.71. The first-order valence-corrected chi connectivity index (χ1v) is 4.71. The fraction of sp³-hybridized carbons (Fsp3) is 0.0833. The van der Waals surface area contributed by atoms with Crippen molar-refractivity contribution in [3.63, 3.8) is 0 Å². The minimum Gasteiger partial charge on any atom is -0.353 e. The molecule has 0 saturated carbocycles. The molecule has 0 atom stereocenters. The average Bonchev–Trinajstić information content (AvgIpc) is 2.59. The fourth-order valence-corrected chi connectivity index (χ4v) is 1.97. The molecular weight excluding hydrogens is 172 g/mol. The number of H-pyrrole nitrogens is 1. The molecule has 0 unspecified atom stereocenters. The lowest BCUT2D eigenvalue weighted by Crippen LogP contribution is -2.02.